The second kappa shape index (κ2) is 8.35. The summed E-state index contributed by atoms with van der Waals surface area (Å²) in [7, 11) is 0. The molecule has 1 spiro atoms. The number of hydrogen-bond acceptors (Lipinski definition) is 3. The molecular formula is C19H25Cl2N3O. The fourth-order valence-corrected chi connectivity index (χ4v) is 4.09. The Hall–Kier alpha value is -1.36. The fourth-order valence-electron chi connectivity index (χ4n) is 4.09. The van der Waals surface area contributed by atoms with Crippen molar-refractivity contribution in [1.29, 1.82) is 0 Å². The van der Waals surface area contributed by atoms with Gasteiger partial charge in [0, 0.05) is 24.7 Å². The highest BCUT2D eigenvalue weighted by atomic mass is 35.5. The number of fused-ring (bicyclic) bond motifs is 1. The van der Waals surface area contributed by atoms with Crippen molar-refractivity contribution in [2.75, 3.05) is 26.2 Å². The molecule has 136 valence electrons. The van der Waals surface area contributed by atoms with Gasteiger partial charge in [0.2, 0.25) is 0 Å². The molecule has 6 heteroatoms. The van der Waals surface area contributed by atoms with Gasteiger partial charge < -0.3 is 10.2 Å². The minimum absolute atomic E-state index is 0. The van der Waals surface area contributed by atoms with Gasteiger partial charge in [-0.25, -0.2) is 0 Å². The first-order chi connectivity index (χ1) is 11.3. The van der Waals surface area contributed by atoms with E-state index in [-0.39, 0.29) is 30.7 Å². The highest BCUT2D eigenvalue weighted by Gasteiger charge is 2.37. The molecule has 4 rings (SSSR count). The number of rotatable bonds is 1. The topological polar surface area (TPSA) is 45.2 Å². The molecule has 0 aliphatic carbocycles. The summed E-state index contributed by atoms with van der Waals surface area (Å²) in [5, 5.41) is 4.48. The maximum absolute atomic E-state index is 13.0. The molecule has 1 N–H and O–H groups in total. The van der Waals surface area contributed by atoms with Crippen molar-refractivity contribution in [2.45, 2.75) is 25.7 Å². The van der Waals surface area contributed by atoms with E-state index in [9.17, 15) is 4.79 Å². The van der Waals surface area contributed by atoms with E-state index in [0.717, 1.165) is 55.5 Å². The van der Waals surface area contributed by atoms with Crippen LogP contribution in [0.4, 0.5) is 0 Å². The Labute approximate surface area is 161 Å². The molecule has 25 heavy (non-hydrogen) atoms. The quantitative estimate of drug-likeness (QED) is 0.818. The summed E-state index contributed by atoms with van der Waals surface area (Å²) >= 11 is 0. The molecule has 3 heterocycles. The molecule has 2 aliphatic rings. The highest BCUT2D eigenvalue weighted by Crippen LogP contribution is 2.39. The lowest BCUT2D eigenvalue weighted by Gasteiger charge is -2.44. The summed E-state index contributed by atoms with van der Waals surface area (Å²) in [6, 6.07) is 9.80. The molecule has 0 radical (unpaired) electrons. The van der Waals surface area contributed by atoms with Crippen molar-refractivity contribution in [1.82, 2.24) is 15.2 Å². The normalized spacial score (nSPS) is 19.1. The van der Waals surface area contributed by atoms with Gasteiger partial charge >= 0.3 is 0 Å². The van der Waals surface area contributed by atoms with Crippen LogP contribution in [0.15, 0.2) is 36.5 Å². The highest BCUT2D eigenvalue weighted by molar-refractivity contribution is 6.05. The van der Waals surface area contributed by atoms with Gasteiger partial charge in [-0.1, -0.05) is 18.2 Å². The molecule has 0 saturated carbocycles. The van der Waals surface area contributed by atoms with Crippen molar-refractivity contribution in [3.8, 4) is 0 Å². The van der Waals surface area contributed by atoms with Crippen LogP contribution in [0.5, 0.6) is 0 Å². The van der Waals surface area contributed by atoms with Crippen LogP contribution in [-0.4, -0.2) is 42.0 Å². The van der Waals surface area contributed by atoms with E-state index in [4.69, 9.17) is 0 Å². The number of carbonyl (C=O) groups is 1. The Morgan fingerprint density at radius 1 is 1.00 bits per heavy atom. The summed E-state index contributed by atoms with van der Waals surface area (Å²) in [5.74, 6) is 0.137. The maximum atomic E-state index is 13.0. The zero-order chi connectivity index (χ0) is 15.7. The van der Waals surface area contributed by atoms with Crippen LogP contribution in [0, 0.1) is 5.41 Å². The molecule has 0 unspecified atom stereocenters. The van der Waals surface area contributed by atoms with E-state index in [1.807, 2.05) is 35.2 Å². The van der Waals surface area contributed by atoms with Crippen molar-refractivity contribution in [2.24, 2.45) is 5.41 Å². The number of nitrogens with zero attached hydrogens (tertiary/aromatic N) is 2. The van der Waals surface area contributed by atoms with Gasteiger partial charge in [0.25, 0.3) is 5.91 Å². The predicted octanol–water partition coefficient (Wildman–Crippen LogP) is 3.68. The minimum atomic E-state index is 0. The van der Waals surface area contributed by atoms with E-state index in [0.29, 0.717) is 5.41 Å². The molecular weight excluding hydrogens is 357 g/mol. The van der Waals surface area contributed by atoms with Gasteiger partial charge in [-0.2, -0.15) is 0 Å². The van der Waals surface area contributed by atoms with E-state index in [1.165, 1.54) is 12.8 Å². The van der Waals surface area contributed by atoms with Crippen molar-refractivity contribution < 1.29 is 4.79 Å². The second-order valence-corrected chi connectivity index (χ2v) is 6.92. The Balaban J connectivity index is 0.00000113. The molecule has 2 aliphatic heterocycles. The van der Waals surface area contributed by atoms with E-state index < -0.39 is 0 Å². The Morgan fingerprint density at radius 3 is 2.40 bits per heavy atom. The molecule has 0 atom stereocenters. The van der Waals surface area contributed by atoms with Gasteiger partial charge in [-0.05, 0) is 56.3 Å². The van der Waals surface area contributed by atoms with Crippen molar-refractivity contribution in [3.05, 3.63) is 42.1 Å². The average molecular weight is 382 g/mol. The van der Waals surface area contributed by atoms with Crippen LogP contribution in [0.3, 0.4) is 0 Å². The lowest BCUT2D eigenvalue weighted by molar-refractivity contribution is 0.0497. The first-order valence-corrected chi connectivity index (χ1v) is 8.61. The van der Waals surface area contributed by atoms with Crippen LogP contribution in [0.2, 0.25) is 0 Å². The number of halogens is 2. The molecule has 2 saturated heterocycles. The fraction of sp³-hybridized carbons (Fsp3) is 0.474. The van der Waals surface area contributed by atoms with Crippen LogP contribution >= 0.6 is 24.8 Å². The summed E-state index contributed by atoms with van der Waals surface area (Å²) in [6.45, 7) is 4.01. The number of nitrogens with one attached hydrogen (secondary N) is 1. The molecule has 1 aromatic heterocycles. The van der Waals surface area contributed by atoms with Gasteiger partial charge in [0.05, 0.1) is 11.1 Å². The Bertz CT molecular complexity index is 716. The Morgan fingerprint density at radius 2 is 1.68 bits per heavy atom. The second-order valence-electron chi connectivity index (χ2n) is 6.92. The van der Waals surface area contributed by atoms with Gasteiger partial charge in [0.15, 0.2) is 0 Å². The number of aromatic nitrogens is 1. The average Bonchev–Trinajstić information content (AvgIpc) is 2.62. The summed E-state index contributed by atoms with van der Waals surface area (Å²) < 4.78 is 0. The maximum Gasteiger partial charge on any atom is 0.256 e. The number of likely N-dealkylation sites (tertiary alicyclic amines) is 1. The summed E-state index contributed by atoms with van der Waals surface area (Å²) in [4.78, 5) is 19.4. The number of hydrogen-bond donors (Lipinski definition) is 1. The number of para-hydroxylation sites is 1. The monoisotopic (exact) mass is 381 g/mol. The van der Waals surface area contributed by atoms with E-state index in [1.54, 1.807) is 6.20 Å². The molecule has 0 bridgehead atoms. The van der Waals surface area contributed by atoms with Crippen LogP contribution in [-0.2, 0) is 0 Å². The first kappa shape index (κ1) is 20.0. The largest absolute Gasteiger partial charge is 0.339 e. The minimum Gasteiger partial charge on any atom is -0.339 e. The van der Waals surface area contributed by atoms with Crippen LogP contribution in [0.25, 0.3) is 10.9 Å². The molecule has 1 amide bonds. The number of amides is 1. The molecule has 2 fully saturated rings. The summed E-state index contributed by atoms with van der Waals surface area (Å²) in [6.07, 6.45) is 6.55. The molecule has 4 nitrogen and oxygen atoms in total. The van der Waals surface area contributed by atoms with E-state index >= 15 is 0 Å². The van der Waals surface area contributed by atoms with Crippen LogP contribution in [0.1, 0.15) is 36.0 Å². The smallest absolute Gasteiger partial charge is 0.256 e. The third-order valence-electron chi connectivity index (χ3n) is 5.64. The van der Waals surface area contributed by atoms with Crippen LogP contribution < -0.4 is 5.32 Å². The number of pyridine rings is 1. The molecule has 1 aromatic carbocycles. The van der Waals surface area contributed by atoms with Gasteiger partial charge in [0.1, 0.15) is 0 Å². The summed E-state index contributed by atoms with van der Waals surface area (Å²) in [5.41, 5.74) is 2.03. The predicted molar refractivity (Wildman–Crippen MR) is 106 cm³/mol. The van der Waals surface area contributed by atoms with Gasteiger partial charge in [-0.3, -0.25) is 9.78 Å². The number of piperidine rings is 2. The van der Waals surface area contributed by atoms with Crippen molar-refractivity contribution in [3.63, 3.8) is 0 Å². The van der Waals surface area contributed by atoms with Crippen molar-refractivity contribution >= 4 is 41.6 Å². The third-order valence-corrected chi connectivity index (χ3v) is 5.64. The standard InChI is InChI=1S/C19H23N3O.2ClH/c23-18(16-5-1-3-15-4-2-10-21-17(15)16)22-13-8-19(9-14-22)6-11-20-12-7-19;;/h1-5,10,20H,6-9,11-14H2;2*1H. The zero-order valence-corrected chi connectivity index (χ0v) is 15.9. The zero-order valence-electron chi connectivity index (χ0n) is 14.2. The number of carbonyl (C=O) groups excluding carboxylic acids is 1. The third kappa shape index (κ3) is 3.91. The molecule has 2 aromatic rings. The van der Waals surface area contributed by atoms with Gasteiger partial charge in [-0.15, -0.1) is 24.8 Å². The number of benzene rings is 1. The Kier molecular flexibility index (Phi) is 6.66. The SMILES string of the molecule is Cl.Cl.O=C(c1cccc2cccnc12)N1CCC2(CCNCC2)CC1. The first-order valence-electron chi connectivity index (χ1n) is 8.61. The lowest BCUT2D eigenvalue weighted by Crippen LogP contribution is -2.47. The lowest BCUT2D eigenvalue weighted by atomic mass is 9.71. The van der Waals surface area contributed by atoms with E-state index in [2.05, 4.69) is 10.3 Å².